The molecule has 7 heteroatoms. The van der Waals surface area contributed by atoms with Crippen LogP contribution in [0.5, 0.6) is 5.75 Å². The van der Waals surface area contributed by atoms with Gasteiger partial charge in [0.05, 0.1) is 6.04 Å². The standard InChI is InChI=1S/C20H27FN2O4/c1-26-19(14-4-2-3-5-14)20(25)22-12-16-10-11-23(16)18(24)13-27-17-8-6-15(21)7-9-17/h6-9,14,16,19H,2-5,10-13H2,1H3,(H,22,25). The van der Waals surface area contributed by atoms with Crippen LogP contribution in [-0.4, -0.2) is 55.7 Å². The summed E-state index contributed by atoms with van der Waals surface area (Å²) in [5.74, 6) is 0.169. The van der Waals surface area contributed by atoms with Gasteiger partial charge >= 0.3 is 0 Å². The Kier molecular flexibility index (Phi) is 6.66. The molecule has 2 unspecified atom stereocenters. The second kappa shape index (κ2) is 9.17. The van der Waals surface area contributed by atoms with E-state index in [0.29, 0.717) is 24.8 Å². The van der Waals surface area contributed by atoms with Crippen molar-refractivity contribution < 1.29 is 23.5 Å². The second-order valence-corrected chi connectivity index (χ2v) is 7.22. The number of ether oxygens (including phenoxy) is 2. The van der Waals surface area contributed by atoms with Gasteiger partial charge in [0.1, 0.15) is 17.7 Å². The maximum atomic E-state index is 12.9. The van der Waals surface area contributed by atoms with Crippen LogP contribution in [-0.2, 0) is 14.3 Å². The van der Waals surface area contributed by atoms with E-state index in [2.05, 4.69) is 5.32 Å². The first-order valence-corrected chi connectivity index (χ1v) is 9.57. The van der Waals surface area contributed by atoms with E-state index in [9.17, 15) is 14.0 Å². The van der Waals surface area contributed by atoms with Crippen LogP contribution in [0.4, 0.5) is 4.39 Å². The SMILES string of the molecule is COC(C(=O)NCC1CCN1C(=O)COc1ccc(F)cc1)C1CCCC1. The van der Waals surface area contributed by atoms with E-state index < -0.39 is 6.10 Å². The molecule has 0 radical (unpaired) electrons. The number of likely N-dealkylation sites (tertiary alicyclic amines) is 1. The molecule has 148 valence electrons. The highest BCUT2D eigenvalue weighted by molar-refractivity contribution is 5.82. The van der Waals surface area contributed by atoms with Crippen LogP contribution < -0.4 is 10.1 Å². The van der Waals surface area contributed by atoms with Gasteiger partial charge in [-0.25, -0.2) is 4.39 Å². The van der Waals surface area contributed by atoms with Crippen molar-refractivity contribution in [2.75, 3.05) is 26.8 Å². The molecule has 1 saturated carbocycles. The summed E-state index contributed by atoms with van der Waals surface area (Å²) in [6.07, 6.45) is 4.80. The maximum Gasteiger partial charge on any atom is 0.260 e. The lowest BCUT2D eigenvalue weighted by Crippen LogP contribution is -2.58. The number of rotatable bonds is 8. The van der Waals surface area contributed by atoms with Crippen LogP contribution in [0.25, 0.3) is 0 Å². The molecule has 1 aliphatic carbocycles. The first-order valence-electron chi connectivity index (χ1n) is 9.57. The molecule has 6 nitrogen and oxygen atoms in total. The van der Waals surface area contributed by atoms with Crippen molar-refractivity contribution in [1.29, 1.82) is 0 Å². The lowest BCUT2D eigenvalue weighted by Gasteiger charge is -2.41. The normalized spacial score (nSPS) is 20.8. The number of benzene rings is 1. The van der Waals surface area contributed by atoms with Crippen molar-refractivity contribution in [2.24, 2.45) is 5.92 Å². The van der Waals surface area contributed by atoms with E-state index in [1.54, 1.807) is 12.0 Å². The molecular weight excluding hydrogens is 351 g/mol. The van der Waals surface area contributed by atoms with Gasteiger partial charge in [-0.3, -0.25) is 9.59 Å². The van der Waals surface area contributed by atoms with Gasteiger partial charge in [-0.1, -0.05) is 12.8 Å². The minimum atomic E-state index is -0.404. The summed E-state index contributed by atoms with van der Waals surface area (Å²) in [6.45, 7) is 0.981. The zero-order valence-corrected chi connectivity index (χ0v) is 15.7. The van der Waals surface area contributed by atoms with E-state index in [4.69, 9.17) is 9.47 Å². The first kappa shape index (κ1) is 19.6. The van der Waals surface area contributed by atoms with Gasteiger partial charge in [0.25, 0.3) is 5.91 Å². The molecule has 2 aliphatic rings. The molecule has 1 N–H and O–H groups in total. The number of hydrogen-bond acceptors (Lipinski definition) is 4. The van der Waals surface area contributed by atoms with Crippen LogP contribution in [0.2, 0.25) is 0 Å². The Morgan fingerprint density at radius 3 is 2.52 bits per heavy atom. The predicted octanol–water partition coefficient (Wildman–Crippen LogP) is 2.13. The van der Waals surface area contributed by atoms with Crippen molar-refractivity contribution in [1.82, 2.24) is 10.2 Å². The van der Waals surface area contributed by atoms with Gasteiger partial charge in [0.2, 0.25) is 5.91 Å². The summed E-state index contributed by atoms with van der Waals surface area (Å²) in [7, 11) is 1.58. The van der Waals surface area contributed by atoms with Gasteiger partial charge in [0.15, 0.2) is 6.61 Å². The number of hydrogen-bond donors (Lipinski definition) is 1. The zero-order valence-electron chi connectivity index (χ0n) is 15.7. The van der Waals surface area contributed by atoms with Gasteiger partial charge in [-0.15, -0.1) is 0 Å². The van der Waals surface area contributed by atoms with Crippen LogP contribution in [0.1, 0.15) is 32.1 Å². The van der Waals surface area contributed by atoms with E-state index in [1.807, 2.05) is 0 Å². The highest BCUT2D eigenvalue weighted by Gasteiger charge is 2.35. The number of amides is 2. The van der Waals surface area contributed by atoms with Gasteiger partial charge in [-0.05, 0) is 49.4 Å². The highest BCUT2D eigenvalue weighted by Crippen LogP contribution is 2.29. The fourth-order valence-corrected chi connectivity index (χ4v) is 3.83. The molecule has 1 aromatic rings. The number of carbonyl (C=O) groups excluding carboxylic acids is 2. The third-order valence-corrected chi connectivity index (χ3v) is 5.49. The monoisotopic (exact) mass is 378 g/mol. The third-order valence-electron chi connectivity index (χ3n) is 5.49. The van der Waals surface area contributed by atoms with E-state index in [1.165, 1.54) is 24.3 Å². The lowest BCUT2D eigenvalue weighted by atomic mass is 9.99. The maximum absolute atomic E-state index is 12.9. The molecule has 1 saturated heterocycles. The molecule has 0 bridgehead atoms. The number of nitrogens with zero attached hydrogens (tertiary/aromatic N) is 1. The molecule has 0 spiro atoms. The first-order chi connectivity index (χ1) is 13.1. The van der Waals surface area contributed by atoms with Crippen molar-refractivity contribution >= 4 is 11.8 Å². The Labute approximate surface area is 159 Å². The Morgan fingerprint density at radius 2 is 1.93 bits per heavy atom. The van der Waals surface area contributed by atoms with Crippen LogP contribution >= 0.6 is 0 Å². The zero-order chi connectivity index (χ0) is 19.2. The van der Waals surface area contributed by atoms with E-state index >= 15 is 0 Å². The fraction of sp³-hybridized carbons (Fsp3) is 0.600. The molecule has 2 atom stereocenters. The smallest absolute Gasteiger partial charge is 0.260 e. The van der Waals surface area contributed by atoms with E-state index in [0.717, 1.165) is 32.1 Å². The Bertz CT molecular complexity index is 646. The molecule has 0 aromatic heterocycles. The summed E-state index contributed by atoms with van der Waals surface area (Å²) < 4.78 is 23.7. The predicted molar refractivity (Wildman–Crippen MR) is 97.8 cm³/mol. The Balaban J connectivity index is 1.42. The van der Waals surface area contributed by atoms with Gasteiger partial charge < -0.3 is 19.7 Å². The molecular formula is C20H27FN2O4. The molecule has 1 aliphatic heterocycles. The summed E-state index contributed by atoms with van der Waals surface area (Å²) in [5, 5.41) is 2.94. The van der Waals surface area contributed by atoms with Crippen molar-refractivity contribution in [3.05, 3.63) is 30.1 Å². The van der Waals surface area contributed by atoms with Crippen molar-refractivity contribution in [2.45, 2.75) is 44.2 Å². The summed E-state index contributed by atoms with van der Waals surface area (Å²) in [4.78, 5) is 26.4. The third kappa shape index (κ3) is 4.97. The summed E-state index contributed by atoms with van der Waals surface area (Å²) in [6, 6.07) is 5.55. The van der Waals surface area contributed by atoms with E-state index in [-0.39, 0.29) is 30.3 Å². The number of carbonyl (C=O) groups is 2. The van der Waals surface area contributed by atoms with Gasteiger partial charge in [0, 0.05) is 20.2 Å². The van der Waals surface area contributed by atoms with Crippen molar-refractivity contribution in [3.63, 3.8) is 0 Å². The van der Waals surface area contributed by atoms with Crippen LogP contribution in [0.3, 0.4) is 0 Å². The number of methoxy groups -OCH3 is 1. The molecule has 2 amide bonds. The van der Waals surface area contributed by atoms with Crippen molar-refractivity contribution in [3.8, 4) is 5.75 Å². The molecule has 2 fully saturated rings. The Hall–Kier alpha value is -2.15. The molecule has 3 rings (SSSR count). The summed E-state index contributed by atoms with van der Waals surface area (Å²) >= 11 is 0. The Morgan fingerprint density at radius 1 is 1.22 bits per heavy atom. The number of nitrogens with one attached hydrogen (secondary N) is 1. The van der Waals surface area contributed by atoms with Crippen LogP contribution in [0.15, 0.2) is 24.3 Å². The molecule has 27 heavy (non-hydrogen) atoms. The summed E-state index contributed by atoms with van der Waals surface area (Å²) in [5.41, 5.74) is 0. The second-order valence-electron chi connectivity index (χ2n) is 7.22. The molecule has 1 aromatic carbocycles. The topological polar surface area (TPSA) is 67.9 Å². The lowest BCUT2D eigenvalue weighted by molar-refractivity contribution is -0.142. The average molecular weight is 378 g/mol. The minimum Gasteiger partial charge on any atom is -0.484 e. The largest absolute Gasteiger partial charge is 0.484 e. The minimum absolute atomic E-state index is 0.0145. The highest BCUT2D eigenvalue weighted by atomic mass is 19.1. The van der Waals surface area contributed by atoms with Gasteiger partial charge in [-0.2, -0.15) is 0 Å². The quantitative estimate of drug-likeness (QED) is 0.753. The fourth-order valence-electron chi connectivity index (χ4n) is 3.83. The van der Waals surface area contributed by atoms with Crippen LogP contribution in [0, 0.1) is 11.7 Å². The average Bonchev–Trinajstić information content (AvgIpc) is 3.15. The molecule has 1 heterocycles. The number of halogens is 1.